The number of benzene rings is 2. The van der Waals surface area contributed by atoms with Crippen LogP contribution < -0.4 is 5.73 Å². The molecule has 0 unspecified atom stereocenters. The van der Waals surface area contributed by atoms with E-state index >= 15 is 0 Å². The Hall–Kier alpha value is -2.84. The highest BCUT2D eigenvalue weighted by Gasteiger charge is 2.19. The van der Waals surface area contributed by atoms with Crippen molar-refractivity contribution in [1.29, 1.82) is 5.26 Å². The van der Waals surface area contributed by atoms with E-state index in [0.717, 1.165) is 0 Å². The molecular weight excluding hydrogens is 316 g/mol. The van der Waals surface area contributed by atoms with Crippen LogP contribution in [0, 0.1) is 18.3 Å². The molecule has 0 radical (unpaired) electrons. The molecule has 0 amide bonds. The molecule has 3 rings (SSSR count). The maximum absolute atomic E-state index is 8.97. The fourth-order valence-corrected chi connectivity index (χ4v) is 3.61. The molecule has 5 heteroatoms. The first-order chi connectivity index (χ1) is 11.7. The lowest BCUT2D eigenvalue weighted by molar-refractivity contribution is 0.959. The van der Waals surface area contributed by atoms with Gasteiger partial charge in [0.15, 0.2) is 5.16 Å². The first-order valence-electron chi connectivity index (χ1n) is 7.49. The summed E-state index contributed by atoms with van der Waals surface area (Å²) in [5, 5.41) is 9.58. The third-order valence-electron chi connectivity index (χ3n) is 3.71. The molecule has 1 aromatic heterocycles. The molecule has 0 aliphatic heterocycles. The van der Waals surface area contributed by atoms with Crippen LogP contribution in [0.4, 0.5) is 5.82 Å². The molecule has 0 saturated carbocycles. The van der Waals surface area contributed by atoms with E-state index in [1.807, 2.05) is 36.4 Å². The first-order valence-corrected chi connectivity index (χ1v) is 8.36. The summed E-state index contributed by atoms with van der Waals surface area (Å²) in [7, 11) is 0. The molecule has 2 N–H and O–H groups in total. The average Bonchev–Trinajstić information content (AvgIpc) is 2.61. The molecule has 0 spiro atoms. The molecule has 0 bridgehead atoms. The summed E-state index contributed by atoms with van der Waals surface area (Å²) in [6, 6.07) is 20.5. The predicted molar refractivity (Wildman–Crippen MR) is 96.5 cm³/mol. The number of nitrogens with two attached hydrogens (primary N) is 1. The molecule has 2 aromatic carbocycles. The van der Waals surface area contributed by atoms with Gasteiger partial charge in [0.2, 0.25) is 0 Å². The highest BCUT2D eigenvalue weighted by atomic mass is 32.2. The van der Waals surface area contributed by atoms with Crippen LogP contribution in [0.2, 0.25) is 0 Å². The van der Waals surface area contributed by atoms with Crippen LogP contribution in [0.15, 0.2) is 66.0 Å². The zero-order valence-corrected chi connectivity index (χ0v) is 14.0. The van der Waals surface area contributed by atoms with Gasteiger partial charge < -0.3 is 5.73 Å². The Morgan fingerprint density at radius 2 is 1.79 bits per heavy atom. The third kappa shape index (κ3) is 3.39. The number of aryl methyl sites for hydroxylation is 1. The summed E-state index contributed by atoms with van der Waals surface area (Å²) in [4.78, 5) is 8.55. The first kappa shape index (κ1) is 16.0. The van der Waals surface area contributed by atoms with Gasteiger partial charge in [-0.25, -0.2) is 9.97 Å². The average molecular weight is 332 g/mol. The number of aromatic nitrogens is 2. The molecule has 4 nitrogen and oxygen atoms in total. The van der Waals surface area contributed by atoms with Crippen LogP contribution >= 0.6 is 11.8 Å². The Kier molecular flexibility index (Phi) is 4.78. The zero-order valence-electron chi connectivity index (χ0n) is 13.2. The summed E-state index contributed by atoms with van der Waals surface area (Å²) >= 11 is 1.53. The van der Waals surface area contributed by atoms with Gasteiger partial charge in [-0.2, -0.15) is 5.26 Å². The largest absolute Gasteiger partial charge is 0.382 e. The number of nitrogens with zero attached hydrogens (tertiary/aromatic N) is 3. The lowest BCUT2D eigenvalue weighted by atomic mass is 10.0. The molecule has 1 atom stereocenters. The fourth-order valence-electron chi connectivity index (χ4n) is 2.45. The van der Waals surface area contributed by atoms with E-state index in [-0.39, 0.29) is 11.1 Å². The standard InChI is InChI=1S/C19H16N4S/c1-13-7-5-6-10-16(13)17(14-8-3-2-4-9-14)24-19-22-12-15(11-20)18(21)23-19/h2-10,12,17H,1H3,(H2,21,22,23)/t17-/m0/s1. The number of anilines is 1. The van der Waals surface area contributed by atoms with Crippen LogP contribution in [-0.2, 0) is 0 Å². The van der Waals surface area contributed by atoms with Crippen LogP contribution in [0.1, 0.15) is 27.5 Å². The summed E-state index contributed by atoms with van der Waals surface area (Å²) in [6.07, 6.45) is 1.48. The van der Waals surface area contributed by atoms with Gasteiger partial charge in [-0.15, -0.1) is 0 Å². The maximum Gasteiger partial charge on any atom is 0.190 e. The molecule has 0 aliphatic carbocycles. The fraction of sp³-hybridized carbons (Fsp3) is 0.105. The van der Waals surface area contributed by atoms with E-state index in [1.165, 1.54) is 34.6 Å². The Labute approximate surface area is 145 Å². The van der Waals surface area contributed by atoms with Gasteiger partial charge in [0.1, 0.15) is 17.5 Å². The van der Waals surface area contributed by atoms with Gasteiger partial charge in [0, 0.05) is 0 Å². The number of hydrogen-bond donors (Lipinski definition) is 1. The lowest BCUT2D eigenvalue weighted by Crippen LogP contribution is -2.03. The Bertz CT molecular complexity index is 887. The second-order valence-corrected chi connectivity index (χ2v) is 6.40. The Morgan fingerprint density at radius 3 is 2.46 bits per heavy atom. The van der Waals surface area contributed by atoms with E-state index in [9.17, 15) is 0 Å². The van der Waals surface area contributed by atoms with E-state index in [4.69, 9.17) is 11.0 Å². The summed E-state index contributed by atoms with van der Waals surface area (Å²) in [6.45, 7) is 2.10. The minimum absolute atomic E-state index is 0.0553. The van der Waals surface area contributed by atoms with Crippen molar-refractivity contribution in [2.75, 3.05) is 5.73 Å². The van der Waals surface area contributed by atoms with E-state index in [1.54, 1.807) is 0 Å². The zero-order chi connectivity index (χ0) is 16.9. The van der Waals surface area contributed by atoms with E-state index in [0.29, 0.717) is 10.7 Å². The lowest BCUT2D eigenvalue weighted by Gasteiger charge is -2.19. The minimum Gasteiger partial charge on any atom is -0.382 e. The smallest absolute Gasteiger partial charge is 0.190 e. The molecule has 24 heavy (non-hydrogen) atoms. The predicted octanol–water partition coefficient (Wildman–Crippen LogP) is 4.12. The number of hydrogen-bond acceptors (Lipinski definition) is 5. The van der Waals surface area contributed by atoms with Crippen molar-refractivity contribution in [2.24, 2.45) is 0 Å². The van der Waals surface area contributed by atoms with Crippen LogP contribution in [-0.4, -0.2) is 9.97 Å². The Balaban J connectivity index is 2.02. The number of rotatable bonds is 4. The van der Waals surface area contributed by atoms with Crippen LogP contribution in [0.5, 0.6) is 0 Å². The molecule has 1 heterocycles. The van der Waals surface area contributed by atoms with Crippen molar-refractivity contribution in [2.45, 2.75) is 17.3 Å². The van der Waals surface area contributed by atoms with E-state index < -0.39 is 0 Å². The van der Waals surface area contributed by atoms with Crippen molar-refractivity contribution >= 4 is 17.6 Å². The topological polar surface area (TPSA) is 75.6 Å². The van der Waals surface area contributed by atoms with E-state index in [2.05, 4.69) is 41.2 Å². The maximum atomic E-state index is 8.97. The third-order valence-corrected chi connectivity index (χ3v) is 4.88. The molecule has 0 fully saturated rings. The van der Waals surface area contributed by atoms with Crippen LogP contribution in [0.25, 0.3) is 0 Å². The summed E-state index contributed by atoms with van der Waals surface area (Å²) in [5.41, 5.74) is 9.71. The van der Waals surface area contributed by atoms with Gasteiger partial charge in [-0.05, 0) is 23.6 Å². The molecule has 0 saturated heterocycles. The quantitative estimate of drug-likeness (QED) is 0.574. The second kappa shape index (κ2) is 7.16. The van der Waals surface area contributed by atoms with Gasteiger partial charge in [0.25, 0.3) is 0 Å². The van der Waals surface area contributed by atoms with Crippen molar-refractivity contribution in [3.63, 3.8) is 0 Å². The molecule has 3 aromatic rings. The SMILES string of the molecule is Cc1ccccc1[C@@H](Sc1ncc(C#N)c(N)n1)c1ccccc1. The van der Waals surface area contributed by atoms with Gasteiger partial charge in [-0.1, -0.05) is 66.4 Å². The van der Waals surface area contributed by atoms with Crippen LogP contribution in [0.3, 0.4) is 0 Å². The molecule has 118 valence electrons. The van der Waals surface area contributed by atoms with Crippen molar-refractivity contribution in [3.05, 3.63) is 83.0 Å². The van der Waals surface area contributed by atoms with Crippen molar-refractivity contribution in [1.82, 2.24) is 9.97 Å². The van der Waals surface area contributed by atoms with Gasteiger partial charge in [0.05, 0.1) is 11.4 Å². The normalized spacial score (nSPS) is 11.7. The molecule has 0 aliphatic rings. The summed E-state index contributed by atoms with van der Waals surface area (Å²) in [5.74, 6) is 0.214. The minimum atomic E-state index is 0.0553. The van der Waals surface area contributed by atoms with Crippen molar-refractivity contribution < 1.29 is 0 Å². The second-order valence-electron chi connectivity index (χ2n) is 5.33. The number of nitriles is 1. The Morgan fingerprint density at radius 1 is 1.08 bits per heavy atom. The monoisotopic (exact) mass is 332 g/mol. The van der Waals surface area contributed by atoms with Gasteiger partial charge in [-0.3, -0.25) is 0 Å². The number of nitrogen functional groups attached to an aromatic ring is 1. The highest BCUT2D eigenvalue weighted by molar-refractivity contribution is 7.99. The van der Waals surface area contributed by atoms with Crippen molar-refractivity contribution in [3.8, 4) is 6.07 Å². The number of thioether (sulfide) groups is 1. The van der Waals surface area contributed by atoms with Gasteiger partial charge >= 0.3 is 0 Å². The molecular formula is C19H16N4S. The summed E-state index contributed by atoms with van der Waals surface area (Å²) < 4.78 is 0. The highest BCUT2D eigenvalue weighted by Crippen LogP contribution is 2.40.